The van der Waals surface area contributed by atoms with E-state index in [1.807, 2.05) is 12.1 Å². The molecule has 0 aliphatic carbocycles. The van der Waals surface area contributed by atoms with Gasteiger partial charge in [0.1, 0.15) is 11.9 Å². The molecule has 0 radical (unpaired) electrons. The normalized spacial score (nSPS) is 19.5. The van der Waals surface area contributed by atoms with Crippen LogP contribution < -0.4 is 10.1 Å². The largest absolute Gasteiger partial charge is 0.489 e. The molecule has 0 amide bonds. The monoisotopic (exact) mass is 325 g/mol. The summed E-state index contributed by atoms with van der Waals surface area (Å²) >= 11 is 5.96. The van der Waals surface area contributed by atoms with Crippen LogP contribution in [0.3, 0.4) is 0 Å². The van der Waals surface area contributed by atoms with Crippen molar-refractivity contribution in [2.75, 3.05) is 13.2 Å². The van der Waals surface area contributed by atoms with Crippen LogP contribution in [0, 0.1) is 0 Å². The standard InChI is InChI=1S/C17H24ClNO3/c1-3-21-17(20)15-8-7-14(10-13(15)11-18)22-12(2)16-6-4-5-9-19-16/h7-8,10,12,16,19H,3-6,9,11H2,1-2H3. The number of ether oxygens (including phenoxy) is 2. The first-order valence-electron chi connectivity index (χ1n) is 7.91. The van der Waals surface area contributed by atoms with Gasteiger partial charge in [-0.3, -0.25) is 0 Å². The molecule has 1 saturated heterocycles. The zero-order valence-corrected chi connectivity index (χ0v) is 14.0. The summed E-state index contributed by atoms with van der Waals surface area (Å²) in [6.45, 7) is 5.26. The first-order chi connectivity index (χ1) is 10.7. The minimum absolute atomic E-state index is 0.0805. The maximum atomic E-state index is 11.9. The van der Waals surface area contributed by atoms with E-state index in [1.54, 1.807) is 13.0 Å². The van der Waals surface area contributed by atoms with Crippen molar-refractivity contribution >= 4 is 17.6 Å². The fourth-order valence-electron chi connectivity index (χ4n) is 2.74. The molecule has 1 aliphatic rings. The summed E-state index contributed by atoms with van der Waals surface area (Å²) in [6.07, 6.45) is 3.68. The van der Waals surface area contributed by atoms with E-state index in [1.165, 1.54) is 12.8 Å². The first kappa shape index (κ1) is 17.1. The van der Waals surface area contributed by atoms with Gasteiger partial charge in [-0.1, -0.05) is 6.42 Å². The number of rotatable bonds is 6. The Hall–Kier alpha value is -1.26. The van der Waals surface area contributed by atoms with Crippen molar-refractivity contribution < 1.29 is 14.3 Å². The highest BCUT2D eigenvalue weighted by Gasteiger charge is 2.21. The Balaban J connectivity index is 2.06. The highest BCUT2D eigenvalue weighted by Crippen LogP contribution is 2.23. The van der Waals surface area contributed by atoms with Gasteiger partial charge < -0.3 is 14.8 Å². The van der Waals surface area contributed by atoms with Crippen LogP contribution in [-0.2, 0) is 10.6 Å². The van der Waals surface area contributed by atoms with Crippen LogP contribution in [0.5, 0.6) is 5.75 Å². The van der Waals surface area contributed by atoms with E-state index in [-0.39, 0.29) is 18.0 Å². The van der Waals surface area contributed by atoms with Crippen LogP contribution in [0.2, 0.25) is 0 Å². The van der Waals surface area contributed by atoms with Gasteiger partial charge in [0.25, 0.3) is 0 Å². The Morgan fingerprint density at radius 3 is 2.91 bits per heavy atom. The maximum absolute atomic E-state index is 11.9. The molecule has 0 bridgehead atoms. The lowest BCUT2D eigenvalue weighted by molar-refractivity contribution is 0.0525. The van der Waals surface area contributed by atoms with Crippen LogP contribution in [0.4, 0.5) is 0 Å². The lowest BCUT2D eigenvalue weighted by atomic mass is 10.0. The van der Waals surface area contributed by atoms with Gasteiger partial charge in [0.05, 0.1) is 12.2 Å². The molecule has 0 aromatic heterocycles. The molecule has 2 unspecified atom stereocenters. The second-order valence-corrected chi connectivity index (χ2v) is 5.82. The maximum Gasteiger partial charge on any atom is 0.338 e. The summed E-state index contributed by atoms with van der Waals surface area (Å²) in [6, 6.07) is 5.74. The average molecular weight is 326 g/mol. The predicted molar refractivity (Wildman–Crippen MR) is 87.7 cm³/mol. The summed E-state index contributed by atoms with van der Waals surface area (Å²) in [5, 5.41) is 3.49. The molecular weight excluding hydrogens is 302 g/mol. The predicted octanol–water partition coefficient (Wildman–Crippen LogP) is 3.51. The fourth-order valence-corrected chi connectivity index (χ4v) is 2.96. The lowest BCUT2D eigenvalue weighted by Crippen LogP contribution is -2.44. The molecule has 2 rings (SSSR count). The molecule has 1 aliphatic heterocycles. The van der Waals surface area contributed by atoms with Gasteiger partial charge in [-0.2, -0.15) is 0 Å². The molecule has 1 aromatic carbocycles. The summed E-state index contributed by atoms with van der Waals surface area (Å²) in [5.74, 6) is 0.650. The minimum atomic E-state index is -0.341. The average Bonchev–Trinajstić information content (AvgIpc) is 2.55. The van der Waals surface area contributed by atoms with Crippen LogP contribution >= 0.6 is 11.6 Å². The van der Waals surface area contributed by atoms with Crippen molar-refractivity contribution in [2.24, 2.45) is 0 Å². The third-order valence-electron chi connectivity index (χ3n) is 3.95. The zero-order valence-electron chi connectivity index (χ0n) is 13.2. The number of carbonyl (C=O) groups is 1. The van der Waals surface area contributed by atoms with E-state index in [2.05, 4.69) is 12.2 Å². The molecule has 5 heteroatoms. The van der Waals surface area contributed by atoms with Crippen molar-refractivity contribution in [3.63, 3.8) is 0 Å². The van der Waals surface area contributed by atoms with Crippen molar-refractivity contribution in [3.8, 4) is 5.75 Å². The molecule has 2 atom stereocenters. The van der Waals surface area contributed by atoms with Gasteiger partial charge in [-0.25, -0.2) is 4.79 Å². The van der Waals surface area contributed by atoms with Crippen molar-refractivity contribution in [1.82, 2.24) is 5.32 Å². The van der Waals surface area contributed by atoms with Gasteiger partial charge in [-0.15, -0.1) is 11.6 Å². The summed E-state index contributed by atoms with van der Waals surface area (Å²) in [4.78, 5) is 11.9. The van der Waals surface area contributed by atoms with E-state index in [9.17, 15) is 4.79 Å². The molecule has 122 valence electrons. The van der Waals surface area contributed by atoms with Crippen LogP contribution in [0.15, 0.2) is 18.2 Å². The number of nitrogens with one attached hydrogen (secondary N) is 1. The Labute approximate surface area is 137 Å². The van der Waals surface area contributed by atoms with E-state index >= 15 is 0 Å². The van der Waals surface area contributed by atoms with Crippen molar-refractivity contribution in [1.29, 1.82) is 0 Å². The molecule has 1 aromatic rings. The highest BCUT2D eigenvalue weighted by atomic mass is 35.5. The van der Waals surface area contributed by atoms with Crippen LogP contribution in [0.25, 0.3) is 0 Å². The lowest BCUT2D eigenvalue weighted by Gasteiger charge is -2.29. The summed E-state index contributed by atoms with van der Waals surface area (Å²) in [5.41, 5.74) is 1.24. The third-order valence-corrected chi connectivity index (χ3v) is 4.24. The van der Waals surface area contributed by atoms with E-state index in [4.69, 9.17) is 21.1 Å². The number of benzene rings is 1. The van der Waals surface area contributed by atoms with E-state index in [0.717, 1.165) is 24.3 Å². The van der Waals surface area contributed by atoms with Gasteiger partial charge in [0.2, 0.25) is 0 Å². The summed E-state index contributed by atoms with van der Waals surface area (Å²) < 4.78 is 11.1. The topological polar surface area (TPSA) is 47.6 Å². The van der Waals surface area contributed by atoms with Gasteiger partial charge in [-0.05, 0) is 57.0 Å². The van der Waals surface area contributed by atoms with Gasteiger partial charge in [0, 0.05) is 11.9 Å². The van der Waals surface area contributed by atoms with Crippen molar-refractivity contribution in [3.05, 3.63) is 29.3 Å². The molecule has 0 spiro atoms. The quantitative estimate of drug-likeness (QED) is 0.642. The Kier molecular flexibility index (Phi) is 6.52. The molecule has 4 nitrogen and oxygen atoms in total. The highest BCUT2D eigenvalue weighted by molar-refractivity contribution is 6.17. The Morgan fingerprint density at radius 2 is 2.27 bits per heavy atom. The zero-order chi connectivity index (χ0) is 15.9. The molecule has 1 N–H and O–H groups in total. The minimum Gasteiger partial charge on any atom is -0.489 e. The Bertz CT molecular complexity index is 501. The SMILES string of the molecule is CCOC(=O)c1ccc(OC(C)C2CCCCN2)cc1CCl. The van der Waals surface area contributed by atoms with Crippen LogP contribution in [-0.4, -0.2) is 31.3 Å². The van der Waals surface area contributed by atoms with Crippen molar-refractivity contribution in [2.45, 2.75) is 51.1 Å². The number of hydrogen-bond donors (Lipinski definition) is 1. The van der Waals surface area contributed by atoms with Crippen LogP contribution in [0.1, 0.15) is 49.0 Å². The molecule has 1 fully saturated rings. The number of alkyl halides is 1. The third kappa shape index (κ3) is 4.37. The number of carbonyl (C=O) groups excluding carboxylic acids is 1. The number of piperidine rings is 1. The molecule has 0 saturated carbocycles. The second kappa shape index (κ2) is 8.39. The number of esters is 1. The molecule has 1 heterocycles. The Morgan fingerprint density at radius 1 is 1.45 bits per heavy atom. The second-order valence-electron chi connectivity index (χ2n) is 5.55. The fraction of sp³-hybridized carbons (Fsp3) is 0.588. The smallest absolute Gasteiger partial charge is 0.338 e. The number of hydrogen-bond acceptors (Lipinski definition) is 4. The van der Waals surface area contributed by atoms with Gasteiger partial charge >= 0.3 is 5.97 Å². The van der Waals surface area contributed by atoms with E-state index in [0.29, 0.717) is 18.2 Å². The van der Waals surface area contributed by atoms with E-state index < -0.39 is 0 Å². The molecular formula is C17H24ClNO3. The molecule has 22 heavy (non-hydrogen) atoms. The number of halogens is 1. The van der Waals surface area contributed by atoms with Gasteiger partial charge in [0.15, 0.2) is 0 Å². The summed E-state index contributed by atoms with van der Waals surface area (Å²) in [7, 11) is 0. The first-order valence-corrected chi connectivity index (χ1v) is 8.45.